The number of hydrogen-bond donors (Lipinski definition) is 0. The number of hydrogen-bond acceptors (Lipinski definition) is 2. The van der Waals surface area contributed by atoms with Gasteiger partial charge in [0, 0.05) is 11.8 Å². The molecule has 2 rings (SSSR count). The lowest BCUT2D eigenvalue weighted by Crippen LogP contribution is -2.04. The number of aryl methyl sites for hydroxylation is 2. The number of rotatable bonds is 4. The van der Waals surface area contributed by atoms with Gasteiger partial charge in [0.05, 0.1) is 0 Å². The zero-order chi connectivity index (χ0) is 13.0. The molecule has 0 atom stereocenters. The van der Waals surface area contributed by atoms with Crippen molar-refractivity contribution in [3.05, 3.63) is 65.0 Å². The molecule has 0 fully saturated rings. The molecule has 0 aliphatic heterocycles. The Morgan fingerprint density at radius 1 is 1.11 bits per heavy atom. The zero-order valence-electron chi connectivity index (χ0n) is 10.8. The Hall–Kier alpha value is -1.96. The van der Waals surface area contributed by atoms with E-state index < -0.39 is 0 Å². The van der Waals surface area contributed by atoms with Crippen LogP contribution in [-0.2, 0) is 6.42 Å². The molecule has 2 heteroatoms. The highest BCUT2D eigenvalue weighted by atomic mass is 16.1. The molecule has 0 aliphatic rings. The highest BCUT2D eigenvalue weighted by Gasteiger charge is 2.09. The van der Waals surface area contributed by atoms with Gasteiger partial charge in [0.15, 0.2) is 0 Å². The summed E-state index contributed by atoms with van der Waals surface area (Å²) in [5.41, 5.74) is 3.53. The normalized spacial score (nSPS) is 10.3. The van der Waals surface area contributed by atoms with E-state index in [0.29, 0.717) is 11.3 Å². The van der Waals surface area contributed by atoms with Gasteiger partial charge in [-0.2, -0.15) is 0 Å². The Labute approximate surface area is 108 Å². The number of benzene rings is 1. The second-order valence-corrected chi connectivity index (χ2v) is 4.50. The van der Waals surface area contributed by atoms with E-state index in [2.05, 4.69) is 11.9 Å². The highest BCUT2D eigenvalue weighted by Crippen LogP contribution is 2.11. The summed E-state index contributed by atoms with van der Waals surface area (Å²) in [6, 6.07) is 11.5. The van der Waals surface area contributed by atoms with Crippen LogP contribution in [0.1, 0.15) is 40.5 Å². The second kappa shape index (κ2) is 5.58. The molecule has 0 spiro atoms. The van der Waals surface area contributed by atoms with Crippen LogP contribution in [0.3, 0.4) is 0 Å². The molecule has 1 heterocycles. The lowest BCUT2D eigenvalue weighted by molar-refractivity contribution is 0.103. The van der Waals surface area contributed by atoms with Gasteiger partial charge in [-0.25, -0.2) is 0 Å². The molecule has 0 saturated carbocycles. The van der Waals surface area contributed by atoms with Crippen molar-refractivity contribution in [2.45, 2.75) is 26.7 Å². The molecule has 0 aliphatic carbocycles. The fourth-order valence-electron chi connectivity index (χ4n) is 1.86. The standard InChI is InChI=1S/C16H17NO/c1-3-4-13-6-8-14(9-7-13)16(18)15-10-5-12(2)11-17-15/h5-11H,3-4H2,1-2H3. The molecular formula is C16H17NO. The van der Waals surface area contributed by atoms with Crippen LogP contribution in [0.5, 0.6) is 0 Å². The molecule has 0 N–H and O–H groups in total. The van der Waals surface area contributed by atoms with Crippen LogP contribution in [-0.4, -0.2) is 10.8 Å². The lowest BCUT2D eigenvalue weighted by atomic mass is 10.0. The first-order chi connectivity index (χ1) is 8.70. The van der Waals surface area contributed by atoms with E-state index in [9.17, 15) is 4.79 Å². The van der Waals surface area contributed by atoms with E-state index in [1.54, 1.807) is 12.3 Å². The van der Waals surface area contributed by atoms with Crippen LogP contribution in [0.15, 0.2) is 42.6 Å². The number of pyridine rings is 1. The maximum Gasteiger partial charge on any atom is 0.211 e. The molecule has 2 nitrogen and oxygen atoms in total. The largest absolute Gasteiger partial charge is 0.287 e. The molecular weight excluding hydrogens is 222 g/mol. The Morgan fingerprint density at radius 2 is 1.83 bits per heavy atom. The summed E-state index contributed by atoms with van der Waals surface area (Å²) >= 11 is 0. The third-order valence-corrected chi connectivity index (χ3v) is 2.90. The molecule has 92 valence electrons. The molecule has 0 bridgehead atoms. The third kappa shape index (κ3) is 2.83. The van der Waals surface area contributed by atoms with Gasteiger partial charge in [-0.1, -0.05) is 43.7 Å². The van der Waals surface area contributed by atoms with Crippen molar-refractivity contribution in [2.24, 2.45) is 0 Å². The summed E-state index contributed by atoms with van der Waals surface area (Å²) in [6.07, 6.45) is 3.89. The molecule has 0 amide bonds. The van der Waals surface area contributed by atoms with Crippen molar-refractivity contribution in [2.75, 3.05) is 0 Å². The van der Waals surface area contributed by atoms with Crippen molar-refractivity contribution < 1.29 is 4.79 Å². The van der Waals surface area contributed by atoms with Gasteiger partial charge in [-0.05, 0) is 30.5 Å². The van der Waals surface area contributed by atoms with Crippen LogP contribution in [0, 0.1) is 6.92 Å². The van der Waals surface area contributed by atoms with Gasteiger partial charge in [0.1, 0.15) is 5.69 Å². The van der Waals surface area contributed by atoms with Crippen LogP contribution < -0.4 is 0 Å². The first-order valence-electron chi connectivity index (χ1n) is 6.27. The molecule has 18 heavy (non-hydrogen) atoms. The lowest BCUT2D eigenvalue weighted by Gasteiger charge is -2.03. The summed E-state index contributed by atoms with van der Waals surface area (Å²) < 4.78 is 0. The maximum absolute atomic E-state index is 12.2. The number of carbonyl (C=O) groups excluding carboxylic acids is 1. The van der Waals surface area contributed by atoms with E-state index in [1.807, 2.05) is 37.3 Å². The average Bonchev–Trinajstić information content (AvgIpc) is 2.40. The van der Waals surface area contributed by atoms with E-state index in [1.165, 1.54) is 5.56 Å². The summed E-state index contributed by atoms with van der Waals surface area (Å²) in [5, 5.41) is 0. The van der Waals surface area contributed by atoms with Crippen LogP contribution in [0.25, 0.3) is 0 Å². The predicted octanol–water partition coefficient (Wildman–Crippen LogP) is 3.57. The molecule has 0 saturated heterocycles. The van der Waals surface area contributed by atoms with Crippen LogP contribution in [0.4, 0.5) is 0 Å². The van der Waals surface area contributed by atoms with Crippen molar-refractivity contribution >= 4 is 5.78 Å². The monoisotopic (exact) mass is 239 g/mol. The Bertz CT molecular complexity index is 526. The van der Waals surface area contributed by atoms with Gasteiger partial charge < -0.3 is 0 Å². The minimum atomic E-state index is -0.0157. The minimum Gasteiger partial charge on any atom is -0.287 e. The van der Waals surface area contributed by atoms with Crippen molar-refractivity contribution in [3.8, 4) is 0 Å². The summed E-state index contributed by atoms with van der Waals surface area (Å²) in [6.45, 7) is 4.11. The Morgan fingerprint density at radius 3 is 2.39 bits per heavy atom. The van der Waals surface area contributed by atoms with Crippen molar-refractivity contribution in [1.82, 2.24) is 4.98 Å². The number of aromatic nitrogens is 1. The van der Waals surface area contributed by atoms with Gasteiger partial charge in [-0.15, -0.1) is 0 Å². The Kier molecular flexibility index (Phi) is 3.88. The molecule has 2 aromatic rings. The van der Waals surface area contributed by atoms with E-state index in [0.717, 1.165) is 18.4 Å². The fourth-order valence-corrected chi connectivity index (χ4v) is 1.86. The number of carbonyl (C=O) groups is 1. The summed E-state index contributed by atoms with van der Waals surface area (Å²) in [5.74, 6) is -0.0157. The molecule has 0 radical (unpaired) electrons. The molecule has 1 aromatic carbocycles. The minimum absolute atomic E-state index is 0.0157. The maximum atomic E-state index is 12.2. The number of ketones is 1. The van der Waals surface area contributed by atoms with Crippen molar-refractivity contribution in [1.29, 1.82) is 0 Å². The first kappa shape index (κ1) is 12.5. The highest BCUT2D eigenvalue weighted by molar-refractivity contribution is 6.07. The summed E-state index contributed by atoms with van der Waals surface area (Å²) in [7, 11) is 0. The van der Waals surface area contributed by atoms with Gasteiger partial charge in [0.25, 0.3) is 0 Å². The topological polar surface area (TPSA) is 30.0 Å². The van der Waals surface area contributed by atoms with Crippen LogP contribution >= 0.6 is 0 Å². The predicted molar refractivity (Wildman–Crippen MR) is 72.8 cm³/mol. The van der Waals surface area contributed by atoms with Gasteiger partial charge >= 0.3 is 0 Å². The van der Waals surface area contributed by atoms with Crippen molar-refractivity contribution in [3.63, 3.8) is 0 Å². The fraction of sp³-hybridized carbons (Fsp3) is 0.250. The molecule has 1 aromatic heterocycles. The third-order valence-electron chi connectivity index (χ3n) is 2.90. The quantitative estimate of drug-likeness (QED) is 0.763. The Balaban J connectivity index is 2.20. The SMILES string of the molecule is CCCc1ccc(C(=O)c2ccc(C)cn2)cc1. The van der Waals surface area contributed by atoms with E-state index in [-0.39, 0.29) is 5.78 Å². The molecule has 0 unspecified atom stereocenters. The second-order valence-electron chi connectivity index (χ2n) is 4.50. The zero-order valence-corrected chi connectivity index (χ0v) is 10.8. The van der Waals surface area contributed by atoms with Crippen LogP contribution in [0.2, 0.25) is 0 Å². The smallest absolute Gasteiger partial charge is 0.211 e. The average molecular weight is 239 g/mol. The van der Waals surface area contributed by atoms with Gasteiger partial charge in [0.2, 0.25) is 5.78 Å². The van der Waals surface area contributed by atoms with E-state index in [4.69, 9.17) is 0 Å². The summed E-state index contributed by atoms with van der Waals surface area (Å²) in [4.78, 5) is 16.3. The van der Waals surface area contributed by atoms with Gasteiger partial charge in [-0.3, -0.25) is 9.78 Å². The van der Waals surface area contributed by atoms with E-state index >= 15 is 0 Å². The number of nitrogens with zero attached hydrogens (tertiary/aromatic N) is 1. The first-order valence-corrected chi connectivity index (χ1v) is 6.27.